The zero-order chi connectivity index (χ0) is 19.5. The van der Waals surface area contributed by atoms with Gasteiger partial charge in [-0.3, -0.25) is 9.98 Å². The first-order chi connectivity index (χ1) is 12.4. The van der Waals surface area contributed by atoms with E-state index < -0.39 is 0 Å². The van der Waals surface area contributed by atoms with E-state index in [-0.39, 0.29) is 0 Å². The fraction of sp³-hybridized carbons (Fsp3) is 0.478. The Morgan fingerprint density at radius 1 is 1.12 bits per heavy atom. The topological polar surface area (TPSA) is 36.8 Å². The van der Waals surface area contributed by atoms with Gasteiger partial charge in [0.05, 0.1) is 5.84 Å². The number of aliphatic imine (C=N–C) groups is 2. The molecule has 0 bridgehead atoms. The lowest BCUT2D eigenvalue weighted by molar-refractivity contribution is 0.527. The number of hydrogen-bond donors (Lipinski definition) is 1. The van der Waals surface area contributed by atoms with Crippen molar-refractivity contribution in [2.75, 3.05) is 7.05 Å². The van der Waals surface area contributed by atoms with Gasteiger partial charge in [0, 0.05) is 30.6 Å². The van der Waals surface area contributed by atoms with Crippen LogP contribution in [0.15, 0.2) is 57.8 Å². The highest BCUT2D eigenvalue weighted by Gasteiger charge is 2.14. The quantitative estimate of drug-likeness (QED) is 0.344. The van der Waals surface area contributed by atoms with Crippen molar-refractivity contribution in [3.8, 4) is 0 Å². The van der Waals surface area contributed by atoms with Crippen molar-refractivity contribution in [1.29, 1.82) is 0 Å². The summed E-state index contributed by atoms with van der Waals surface area (Å²) in [6.45, 7) is 12.8. The number of allylic oxidation sites excluding steroid dienone is 3. The average Bonchev–Trinajstić information content (AvgIpc) is 2.64. The minimum Gasteiger partial charge on any atom is -0.351 e. The number of benzene rings is 1. The van der Waals surface area contributed by atoms with Gasteiger partial charge in [0.2, 0.25) is 0 Å². The van der Waals surface area contributed by atoms with Gasteiger partial charge in [0.1, 0.15) is 0 Å². The predicted octanol–water partition coefficient (Wildman–Crippen LogP) is 6.06. The van der Waals surface area contributed by atoms with Crippen molar-refractivity contribution in [3.05, 3.63) is 58.9 Å². The lowest BCUT2D eigenvalue weighted by Gasteiger charge is -2.18. The highest BCUT2D eigenvalue weighted by molar-refractivity contribution is 5.99. The molecule has 1 aromatic rings. The third kappa shape index (κ3) is 6.99. The fourth-order valence-corrected chi connectivity index (χ4v) is 2.86. The van der Waals surface area contributed by atoms with Crippen molar-refractivity contribution >= 4 is 11.5 Å². The van der Waals surface area contributed by atoms with Gasteiger partial charge in [-0.25, -0.2) is 0 Å². The van der Waals surface area contributed by atoms with Gasteiger partial charge in [0.25, 0.3) is 0 Å². The summed E-state index contributed by atoms with van der Waals surface area (Å²) in [4.78, 5) is 9.19. The Morgan fingerprint density at radius 3 is 2.31 bits per heavy atom. The van der Waals surface area contributed by atoms with Gasteiger partial charge >= 0.3 is 0 Å². The standard InChI is InChI=1S/C23H35N3/c1-8-10-21(9-2)23(18(4)15-16-25-20(6)24-7)26-19(5)22-13-11-17(3)12-14-22/h11-16,21H,8-10H2,1-7H3,(H,24,25)/b16-15-,23-18+,26-19?. The molecular formula is C23H35N3. The van der Waals surface area contributed by atoms with Gasteiger partial charge < -0.3 is 5.32 Å². The molecule has 0 aromatic heterocycles. The molecule has 1 rings (SSSR count). The van der Waals surface area contributed by atoms with Crippen LogP contribution in [0.5, 0.6) is 0 Å². The molecule has 1 unspecified atom stereocenters. The maximum absolute atomic E-state index is 5.07. The van der Waals surface area contributed by atoms with E-state index in [1.807, 2.05) is 13.1 Å². The molecule has 0 aliphatic rings. The van der Waals surface area contributed by atoms with E-state index in [9.17, 15) is 0 Å². The number of nitrogens with one attached hydrogen (secondary N) is 1. The Bertz CT molecular complexity index is 676. The second-order valence-electron chi connectivity index (χ2n) is 6.81. The minimum absolute atomic E-state index is 0.478. The molecular weight excluding hydrogens is 318 g/mol. The molecule has 0 saturated carbocycles. The third-order valence-corrected chi connectivity index (χ3v) is 4.64. The van der Waals surface area contributed by atoms with Gasteiger partial charge in [-0.05, 0) is 57.7 Å². The molecule has 0 amide bonds. The van der Waals surface area contributed by atoms with Crippen molar-refractivity contribution in [1.82, 2.24) is 5.32 Å². The Balaban J connectivity index is 3.24. The van der Waals surface area contributed by atoms with Gasteiger partial charge in [-0.2, -0.15) is 0 Å². The zero-order valence-corrected chi connectivity index (χ0v) is 17.6. The smallest absolute Gasteiger partial charge is 0.0967 e. The van der Waals surface area contributed by atoms with Crippen LogP contribution in [0.1, 0.15) is 65.0 Å². The number of amidine groups is 1. The molecule has 0 spiro atoms. The van der Waals surface area contributed by atoms with E-state index in [0.717, 1.165) is 30.8 Å². The fourth-order valence-electron chi connectivity index (χ4n) is 2.86. The van der Waals surface area contributed by atoms with E-state index in [0.29, 0.717) is 5.92 Å². The summed E-state index contributed by atoms with van der Waals surface area (Å²) in [5.74, 6) is 1.38. The van der Waals surface area contributed by atoms with Crippen molar-refractivity contribution < 1.29 is 0 Å². The Labute approximate surface area is 160 Å². The SMILES string of the molecule is CCCC(CC)/C(N=C(C)c1ccc(C)cc1)=C(C)\C=C/NC(C)=NC. The summed E-state index contributed by atoms with van der Waals surface area (Å²) in [7, 11) is 1.79. The molecule has 0 aliphatic heterocycles. The van der Waals surface area contributed by atoms with Crippen molar-refractivity contribution in [3.63, 3.8) is 0 Å². The molecule has 3 nitrogen and oxygen atoms in total. The number of nitrogens with zero attached hydrogens (tertiary/aromatic N) is 2. The average molecular weight is 354 g/mol. The Kier molecular flexibility index (Phi) is 9.64. The van der Waals surface area contributed by atoms with E-state index >= 15 is 0 Å². The van der Waals surface area contributed by atoms with E-state index in [1.165, 1.54) is 22.4 Å². The van der Waals surface area contributed by atoms with Crippen LogP contribution in [0.25, 0.3) is 0 Å². The number of rotatable bonds is 8. The minimum atomic E-state index is 0.478. The van der Waals surface area contributed by atoms with Crippen LogP contribution in [-0.4, -0.2) is 18.6 Å². The number of aryl methyl sites for hydroxylation is 1. The maximum atomic E-state index is 5.07. The molecule has 142 valence electrons. The van der Waals surface area contributed by atoms with Gasteiger partial charge in [-0.1, -0.05) is 50.1 Å². The maximum Gasteiger partial charge on any atom is 0.0967 e. The number of hydrogen-bond acceptors (Lipinski definition) is 2. The molecule has 0 radical (unpaired) electrons. The first kappa shape index (κ1) is 21.9. The summed E-state index contributed by atoms with van der Waals surface area (Å²) < 4.78 is 0. The molecule has 26 heavy (non-hydrogen) atoms. The molecule has 0 heterocycles. The van der Waals surface area contributed by atoms with E-state index in [2.05, 4.69) is 75.3 Å². The van der Waals surface area contributed by atoms with E-state index in [4.69, 9.17) is 4.99 Å². The van der Waals surface area contributed by atoms with Crippen LogP contribution in [0.4, 0.5) is 0 Å². The van der Waals surface area contributed by atoms with Gasteiger partial charge in [-0.15, -0.1) is 0 Å². The van der Waals surface area contributed by atoms with Crippen molar-refractivity contribution in [2.24, 2.45) is 15.9 Å². The molecule has 1 atom stereocenters. The molecule has 1 N–H and O–H groups in total. The summed E-state index contributed by atoms with van der Waals surface area (Å²) in [6, 6.07) is 8.59. The van der Waals surface area contributed by atoms with Gasteiger partial charge in [0.15, 0.2) is 0 Å². The summed E-state index contributed by atoms with van der Waals surface area (Å²) in [5.41, 5.74) is 5.92. The lowest BCUT2D eigenvalue weighted by atomic mass is 9.93. The zero-order valence-electron chi connectivity index (χ0n) is 17.6. The highest BCUT2D eigenvalue weighted by atomic mass is 14.9. The molecule has 0 aliphatic carbocycles. The summed E-state index contributed by atoms with van der Waals surface area (Å²) in [5, 5.41) is 3.19. The first-order valence-electron chi connectivity index (χ1n) is 9.62. The van der Waals surface area contributed by atoms with Crippen LogP contribution >= 0.6 is 0 Å². The summed E-state index contributed by atoms with van der Waals surface area (Å²) >= 11 is 0. The van der Waals surface area contributed by atoms with Crippen LogP contribution in [0, 0.1) is 12.8 Å². The Morgan fingerprint density at radius 2 is 1.77 bits per heavy atom. The highest BCUT2D eigenvalue weighted by Crippen LogP contribution is 2.26. The van der Waals surface area contributed by atoms with E-state index in [1.54, 1.807) is 7.05 Å². The molecule has 1 aromatic carbocycles. The second-order valence-corrected chi connectivity index (χ2v) is 6.81. The monoisotopic (exact) mass is 353 g/mol. The van der Waals surface area contributed by atoms with Crippen LogP contribution in [0.2, 0.25) is 0 Å². The van der Waals surface area contributed by atoms with Crippen LogP contribution in [-0.2, 0) is 0 Å². The molecule has 3 heteroatoms. The molecule has 0 fully saturated rings. The lowest BCUT2D eigenvalue weighted by Crippen LogP contribution is -2.12. The third-order valence-electron chi connectivity index (χ3n) is 4.64. The summed E-state index contributed by atoms with van der Waals surface area (Å²) in [6.07, 6.45) is 7.48. The second kappa shape index (κ2) is 11.5. The van der Waals surface area contributed by atoms with Crippen molar-refractivity contribution in [2.45, 2.75) is 60.8 Å². The Hall–Kier alpha value is -2.16. The van der Waals surface area contributed by atoms with Crippen LogP contribution < -0.4 is 5.32 Å². The molecule has 0 saturated heterocycles. The largest absolute Gasteiger partial charge is 0.351 e. The van der Waals surface area contributed by atoms with Crippen LogP contribution in [0.3, 0.4) is 0 Å². The normalized spacial score (nSPS) is 15.2. The predicted molar refractivity (Wildman–Crippen MR) is 116 cm³/mol. The first-order valence-corrected chi connectivity index (χ1v) is 9.62.